The lowest BCUT2D eigenvalue weighted by Gasteiger charge is -2.26. The van der Waals surface area contributed by atoms with Crippen molar-refractivity contribution in [3.05, 3.63) is 148 Å². The Morgan fingerprint density at radius 1 is 1.00 bits per heavy atom. The Bertz CT molecular complexity index is 2200. The first kappa shape index (κ1) is 33.3. The minimum Gasteiger partial charge on any atom is -0.497 e. The van der Waals surface area contributed by atoms with Crippen LogP contribution in [-0.2, 0) is 16.1 Å². The maximum Gasteiger partial charge on any atom is 0.338 e. The van der Waals surface area contributed by atoms with Gasteiger partial charge in [0.15, 0.2) is 16.3 Å². The number of halogens is 2. The largest absolute Gasteiger partial charge is 0.497 e. The van der Waals surface area contributed by atoms with Gasteiger partial charge in [-0.15, -0.1) is 0 Å². The van der Waals surface area contributed by atoms with Gasteiger partial charge in [0.2, 0.25) is 0 Å². The molecular weight excluding hydrogens is 716 g/mol. The van der Waals surface area contributed by atoms with E-state index in [1.165, 1.54) is 11.3 Å². The van der Waals surface area contributed by atoms with Crippen LogP contribution in [0.1, 0.15) is 35.2 Å². The van der Waals surface area contributed by atoms with Gasteiger partial charge in [-0.3, -0.25) is 9.36 Å². The molecule has 0 spiro atoms. The summed E-state index contributed by atoms with van der Waals surface area (Å²) in [4.78, 5) is 33.3. The summed E-state index contributed by atoms with van der Waals surface area (Å²) in [5, 5.41) is 0.606. The summed E-state index contributed by atoms with van der Waals surface area (Å²) in [7, 11) is 3.14. The van der Waals surface area contributed by atoms with Crippen molar-refractivity contribution in [1.82, 2.24) is 4.57 Å². The number of benzene rings is 4. The second-order valence-electron chi connectivity index (χ2n) is 10.6. The molecule has 0 fully saturated rings. The number of ether oxygens (including phenoxy) is 4. The number of methoxy groups -OCH3 is 2. The van der Waals surface area contributed by atoms with E-state index in [9.17, 15) is 9.59 Å². The molecule has 1 atom stereocenters. The zero-order valence-corrected chi connectivity index (χ0v) is 29.4. The number of hydrogen-bond donors (Lipinski definition) is 0. The fourth-order valence-electron chi connectivity index (χ4n) is 5.42. The van der Waals surface area contributed by atoms with Crippen LogP contribution in [0.2, 0.25) is 5.02 Å². The number of esters is 1. The molecule has 244 valence electrons. The molecule has 0 bridgehead atoms. The third-order valence-electron chi connectivity index (χ3n) is 7.68. The first-order valence-corrected chi connectivity index (χ1v) is 17.0. The van der Waals surface area contributed by atoms with E-state index in [1.54, 1.807) is 50.0 Å². The minimum atomic E-state index is -0.801. The minimum absolute atomic E-state index is 0.166. The van der Waals surface area contributed by atoms with Crippen molar-refractivity contribution in [2.24, 2.45) is 4.99 Å². The normalized spacial score (nSPS) is 14.3. The van der Waals surface area contributed by atoms with E-state index in [1.807, 2.05) is 72.8 Å². The van der Waals surface area contributed by atoms with E-state index in [0.29, 0.717) is 52.9 Å². The third kappa shape index (κ3) is 6.69. The molecule has 0 saturated carbocycles. The van der Waals surface area contributed by atoms with Crippen molar-refractivity contribution in [2.75, 3.05) is 20.8 Å². The number of aromatic nitrogens is 1. The van der Waals surface area contributed by atoms with Crippen molar-refractivity contribution in [3.63, 3.8) is 0 Å². The summed E-state index contributed by atoms with van der Waals surface area (Å²) in [5.74, 6) is 1.08. The van der Waals surface area contributed by atoms with Crippen LogP contribution in [0.5, 0.6) is 17.2 Å². The van der Waals surface area contributed by atoms with Crippen LogP contribution in [0.25, 0.3) is 11.8 Å². The number of nitrogens with zero attached hydrogens (tertiary/aromatic N) is 2. The Morgan fingerprint density at radius 2 is 1.73 bits per heavy atom. The average molecular weight is 746 g/mol. The number of hydrogen-bond acceptors (Lipinski definition) is 8. The second-order valence-corrected chi connectivity index (χ2v) is 12.9. The van der Waals surface area contributed by atoms with Gasteiger partial charge in [0.1, 0.15) is 12.4 Å². The molecule has 0 N–H and O–H groups in total. The van der Waals surface area contributed by atoms with Crippen LogP contribution in [-0.4, -0.2) is 31.4 Å². The van der Waals surface area contributed by atoms with Crippen LogP contribution < -0.4 is 29.1 Å². The van der Waals surface area contributed by atoms with Gasteiger partial charge in [-0.05, 0) is 70.4 Å². The van der Waals surface area contributed by atoms with Crippen LogP contribution >= 0.6 is 38.9 Å². The molecule has 0 amide bonds. The van der Waals surface area contributed by atoms with Gasteiger partial charge in [0.25, 0.3) is 5.56 Å². The van der Waals surface area contributed by atoms with Crippen LogP contribution in [0.15, 0.2) is 111 Å². The summed E-state index contributed by atoms with van der Waals surface area (Å²) in [6.07, 6.45) is 1.77. The van der Waals surface area contributed by atoms with Gasteiger partial charge in [0.05, 0.1) is 47.1 Å². The van der Waals surface area contributed by atoms with E-state index >= 15 is 0 Å². The van der Waals surface area contributed by atoms with E-state index in [4.69, 9.17) is 35.5 Å². The van der Waals surface area contributed by atoms with Gasteiger partial charge in [-0.1, -0.05) is 83.6 Å². The molecule has 1 aliphatic rings. The number of rotatable bonds is 10. The predicted molar refractivity (Wildman–Crippen MR) is 191 cm³/mol. The Kier molecular flexibility index (Phi) is 10.1. The maximum atomic E-state index is 14.3. The quantitative estimate of drug-likeness (QED) is 0.144. The smallest absolute Gasteiger partial charge is 0.338 e. The summed E-state index contributed by atoms with van der Waals surface area (Å²) in [6, 6.07) is 27.0. The Balaban J connectivity index is 1.50. The molecule has 0 saturated heterocycles. The third-order valence-corrected chi connectivity index (χ3v) is 9.63. The van der Waals surface area contributed by atoms with Crippen LogP contribution in [0.3, 0.4) is 0 Å². The van der Waals surface area contributed by atoms with Crippen molar-refractivity contribution in [2.45, 2.75) is 19.6 Å². The fourth-order valence-corrected chi connectivity index (χ4v) is 7.19. The van der Waals surface area contributed by atoms with Crippen molar-refractivity contribution in [1.29, 1.82) is 0 Å². The molecule has 6 rings (SSSR count). The highest BCUT2D eigenvalue weighted by molar-refractivity contribution is 9.10. The van der Waals surface area contributed by atoms with Crippen molar-refractivity contribution < 1.29 is 23.7 Å². The van der Waals surface area contributed by atoms with Gasteiger partial charge in [-0.2, -0.15) is 0 Å². The number of thiazole rings is 1. The molecule has 4 aromatic carbocycles. The Labute approximate surface area is 294 Å². The molecule has 1 aromatic heterocycles. The van der Waals surface area contributed by atoms with E-state index in [-0.39, 0.29) is 24.3 Å². The lowest BCUT2D eigenvalue weighted by molar-refractivity contribution is -0.138. The van der Waals surface area contributed by atoms with Crippen LogP contribution in [0.4, 0.5) is 0 Å². The zero-order chi connectivity index (χ0) is 33.8. The number of carbonyl (C=O) groups is 1. The maximum absolute atomic E-state index is 14.3. The van der Waals surface area contributed by atoms with E-state index in [2.05, 4.69) is 15.9 Å². The highest BCUT2D eigenvalue weighted by Gasteiger charge is 2.35. The first-order valence-electron chi connectivity index (χ1n) is 15.0. The molecule has 0 unspecified atom stereocenters. The highest BCUT2D eigenvalue weighted by atomic mass is 79.9. The second kappa shape index (κ2) is 14.6. The van der Waals surface area contributed by atoms with Gasteiger partial charge < -0.3 is 18.9 Å². The summed E-state index contributed by atoms with van der Waals surface area (Å²) >= 11 is 11.2. The van der Waals surface area contributed by atoms with E-state index in [0.717, 1.165) is 11.1 Å². The van der Waals surface area contributed by atoms with Crippen LogP contribution in [0, 0.1) is 0 Å². The van der Waals surface area contributed by atoms with E-state index < -0.39 is 12.0 Å². The Morgan fingerprint density at radius 3 is 2.42 bits per heavy atom. The summed E-state index contributed by atoms with van der Waals surface area (Å²) < 4.78 is 25.3. The topological polar surface area (TPSA) is 88.4 Å². The highest BCUT2D eigenvalue weighted by Crippen LogP contribution is 2.38. The lowest BCUT2D eigenvalue weighted by atomic mass is 9.93. The average Bonchev–Trinajstić information content (AvgIpc) is 3.41. The van der Waals surface area contributed by atoms with Gasteiger partial charge in [0, 0.05) is 16.1 Å². The summed E-state index contributed by atoms with van der Waals surface area (Å²) in [6.45, 7) is 2.15. The molecule has 11 heteroatoms. The molecule has 48 heavy (non-hydrogen) atoms. The predicted octanol–water partition coefficient (Wildman–Crippen LogP) is 6.95. The molecule has 2 heterocycles. The SMILES string of the molecule is CCOC(=O)C1=C(c2ccccc2)N=c2s/c(=C\c3cc(Br)c(OCc4ccccc4Cl)c(OC)c3)c(=O)n2[C@H]1c1ccc(OC)cc1. The first-order chi connectivity index (χ1) is 23.3. The molecular formula is C37H30BrClN2O6S. The van der Waals surface area contributed by atoms with Crippen molar-refractivity contribution in [3.8, 4) is 17.2 Å². The molecule has 8 nitrogen and oxygen atoms in total. The lowest BCUT2D eigenvalue weighted by Crippen LogP contribution is -2.40. The zero-order valence-electron chi connectivity index (χ0n) is 26.2. The Hall–Kier alpha value is -4.64. The monoisotopic (exact) mass is 744 g/mol. The van der Waals surface area contributed by atoms with Gasteiger partial charge >= 0.3 is 5.97 Å². The number of fused-ring (bicyclic) bond motifs is 1. The number of carbonyl (C=O) groups excluding carboxylic acids is 1. The van der Waals surface area contributed by atoms with Gasteiger partial charge in [-0.25, -0.2) is 9.79 Å². The molecule has 0 radical (unpaired) electrons. The molecule has 5 aromatic rings. The molecule has 0 aliphatic carbocycles. The van der Waals surface area contributed by atoms with Crippen molar-refractivity contribution >= 4 is 56.6 Å². The summed E-state index contributed by atoms with van der Waals surface area (Å²) in [5.41, 5.74) is 3.40. The fraction of sp³-hybridized carbons (Fsp3) is 0.162. The molecule has 1 aliphatic heterocycles. The standard InChI is InChI=1S/C37H30BrClN2O6S/c1-4-46-36(43)31-32(23-10-6-5-7-11-23)40-37-41(33(31)24-14-16-26(44-2)17-15-24)35(42)30(48-37)20-22-18-27(38)34(29(19-22)45-3)47-21-25-12-8-9-13-28(25)39/h5-20,33H,4,21H2,1-3H3/b30-20-/t33-/m0/s1.